The number of nitrogens with one attached hydrogen (secondary N) is 1. The van der Waals surface area contributed by atoms with Gasteiger partial charge in [-0.1, -0.05) is 18.2 Å². The van der Waals surface area contributed by atoms with Crippen molar-refractivity contribution >= 4 is 11.7 Å². The minimum Gasteiger partial charge on any atom is -0.480 e. The van der Waals surface area contributed by atoms with E-state index >= 15 is 0 Å². The van der Waals surface area contributed by atoms with E-state index in [-0.39, 0.29) is 23.6 Å². The zero-order chi connectivity index (χ0) is 8.10. The van der Waals surface area contributed by atoms with Crippen LogP contribution in [0.2, 0.25) is 0 Å². The van der Waals surface area contributed by atoms with E-state index < -0.39 is 5.97 Å². The van der Waals surface area contributed by atoms with Gasteiger partial charge in [0, 0.05) is 5.69 Å². The third-order valence-electron chi connectivity index (χ3n) is 1.22. The SMILES string of the molecule is O=C(O)CNc1ccccc1.[Cu+2]. The van der Waals surface area contributed by atoms with Gasteiger partial charge in [-0.2, -0.15) is 0 Å². The van der Waals surface area contributed by atoms with Crippen molar-refractivity contribution in [1.29, 1.82) is 0 Å². The Morgan fingerprint density at radius 3 is 2.42 bits per heavy atom. The van der Waals surface area contributed by atoms with Gasteiger partial charge < -0.3 is 10.4 Å². The number of carbonyl (C=O) groups is 1. The van der Waals surface area contributed by atoms with Gasteiger partial charge in [-0.3, -0.25) is 4.79 Å². The largest absolute Gasteiger partial charge is 2.00 e. The van der Waals surface area contributed by atoms with Gasteiger partial charge in [0.2, 0.25) is 0 Å². The zero-order valence-corrected chi connectivity index (χ0v) is 7.19. The molecule has 0 amide bonds. The van der Waals surface area contributed by atoms with Crippen LogP contribution in [0.25, 0.3) is 0 Å². The first-order valence-electron chi connectivity index (χ1n) is 3.30. The Labute approximate surface area is 81.3 Å². The summed E-state index contributed by atoms with van der Waals surface area (Å²) in [6.45, 7) is -0.0377. The molecule has 0 unspecified atom stereocenters. The molecule has 12 heavy (non-hydrogen) atoms. The second-order valence-corrected chi connectivity index (χ2v) is 2.11. The summed E-state index contributed by atoms with van der Waals surface area (Å²) in [6.07, 6.45) is 0. The van der Waals surface area contributed by atoms with Crippen LogP contribution in [0.4, 0.5) is 5.69 Å². The third kappa shape index (κ3) is 4.01. The molecule has 0 aliphatic heterocycles. The van der Waals surface area contributed by atoms with Crippen molar-refractivity contribution in [3.63, 3.8) is 0 Å². The Morgan fingerprint density at radius 1 is 1.33 bits per heavy atom. The molecule has 0 saturated carbocycles. The Hall–Kier alpha value is -0.991. The molecule has 0 aliphatic rings. The number of carboxylic acid groups (broad SMARTS) is 1. The number of hydrogen-bond acceptors (Lipinski definition) is 2. The molecule has 0 aromatic heterocycles. The Balaban J connectivity index is 0.00000121. The maximum atomic E-state index is 10.1. The predicted octanol–water partition coefficient (Wildman–Crippen LogP) is 1.18. The summed E-state index contributed by atoms with van der Waals surface area (Å²) in [5.41, 5.74) is 0.829. The summed E-state index contributed by atoms with van der Waals surface area (Å²) in [5, 5.41) is 11.1. The average Bonchev–Trinajstić information content (AvgIpc) is 2.03. The van der Waals surface area contributed by atoms with Crippen molar-refractivity contribution in [2.45, 2.75) is 0 Å². The van der Waals surface area contributed by atoms with Crippen molar-refractivity contribution in [3.05, 3.63) is 30.3 Å². The van der Waals surface area contributed by atoms with Crippen LogP contribution >= 0.6 is 0 Å². The van der Waals surface area contributed by atoms with Crippen molar-refractivity contribution < 1.29 is 27.0 Å². The van der Waals surface area contributed by atoms with Gasteiger partial charge in [0.1, 0.15) is 6.54 Å². The molecular weight excluding hydrogens is 206 g/mol. The van der Waals surface area contributed by atoms with Crippen LogP contribution in [0.3, 0.4) is 0 Å². The number of rotatable bonds is 3. The number of carboxylic acids is 1. The molecule has 0 atom stereocenters. The van der Waals surface area contributed by atoms with Gasteiger partial charge >= 0.3 is 23.0 Å². The summed E-state index contributed by atoms with van der Waals surface area (Å²) in [7, 11) is 0. The van der Waals surface area contributed by atoms with Crippen LogP contribution in [-0.2, 0) is 21.9 Å². The van der Waals surface area contributed by atoms with E-state index in [1.807, 2.05) is 30.3 Å². The summed E-state index contributed by atoms with van der Waals surface area (Å²) < 4.78 is 0. The molecular formula is C8H9CuNO2+2. The van der Waals surface area contributed by atoms with Gasteiger partial charge in [-0.25, -0.2) is 0 Å². The van der Waals surface area contributed by atoms with Gasteiger partial charge in [0.25, 0.3) is 0 Å². The number of aliphatic carboxylic acids is 1. The second-order valence-electron chi connectivity index (χ2n) is 2.11. The number of para-hydroxylation sites is 1. The van der Waals surface area contributed by atoms with Crippen LogP contribution < -0.4 is 5.32 Å². The molecule has 1 radical (unpaired) electrons. The molecule has 1 rings (SSSR count). The standard InChI is InChI=1S/C8H9NO2.Cu/c10-8(11)6-9-7-4-2-1-3-5-7;/h1-5,9H,6H2,(H,10,11);/q;+2. The molecule has 0 bridgehead atoms. The zero-order valence-electron chi connectivity index (χ0n) is 6.25. The van der Waals surface area contributed by atoms with E-state index in [0.29, 0.717) is 0 Å². The number of benzene rings is 1. The Bertz CT molecular complexity index is 238. The van der Waals surface area contributed by atoms with Crippen molar-refractivity contribution in [2.75, 3.05) is 11.9 Å². The summed E-state index contributed by atoms with van der Waals surface area (Å²) in [4.78, 5) is 10.1. The fraction of sp³-hybridized carbons (Fsp3) is 0.125. The van der Waals surface area contributed by atoms with Crippen LogP contribution in [0.15, 0.2) is 30.3 Å². The maximum absolute atomic E-state index is 10.1. The maximum Gasteiger partial charge on any atom is 2.00 e. The molecule has 67 valence electrons. The van der Waals surface area contributed by atoms with E-state index in [2.05, 4.69) is 5.32 Å². The molecule has 1 aromatic rings. The number of hydrogen-bond donors (Lipinski definition) is 2. The quantitative estimate of drug-likeness (QED) is 0.743. The van der Waals surface area contributed by atoms with Crippen molar-refractivity contribution in [1.82, 2.24) is 0 Å². The first kappa shape index (κ1) is 11.0. The van der Waals surface area contributed by atoms with Gasteiger partial charge in [0.05, 0.1) is 0 Å². The predicted molar refractivity (Wildman–Crippen MR) is 42.6 cm³/mol. The fourth-order valence-corrected chi connectivity index (χ4v) is 0.734. The van der Waals surface area contributed by atoms with Gasteiger partial charge in [-0.05, 0) is 12.1 Å². The van der Waals surface area contributed by atoms with Gasteiger partial charge in [-0.15, -0.1) is 0 Å². The van der Waals surface area contributed by atoms with E-state index in [1.165, 1.54) is 0 Å². The van der Waals surface area contributed by atoms with Crippen LogP contribution in [0, 0.1) is 0 Å². The molecule has 4 heteroatoms. The minimum absolute atomic E-state index is 0. The summed E-state index contributed by atoms with van der Waals surface area (Å²) in [6, 6.07) is 9.23. The first-order chi connectivity index (χ1) is 5.29. The van der Waals surface area contributed by atoms with Crippen LogP contribution in [0.1, 0.15) is 0 Å². The van der Waals surface area contributed by atoms with Crippen molar-refractivity contribution in [3.8, 4) is 0 Å². The number of anilines is 1. The van der Waals surface area contributed by atoms with E-state index in [1.54, 1.807) is 0 Å². The molecule has 1 aromatic carbocycles. The second kappa shape index (κ2) is 5.63. The average molecular weight is 215 g/mol. The topological polar surface area (TPSA) is 49.3 Å². The van der Waals surface area contributed by atoms with Crippen molar-refractivity contribution in [2.24, 2.45) is 0 Å². The molecule has 0 fully saturated rings. The summed E-state index contributed by atoms with van der Waals surface area (Å²) in [5.74, 6) is -0.853. The molecule has 0 saturated heterocycles. The molecule has 0 aliphatic carbocycles. The molecule has 0 spiro atoms. The van der Waals surface area contributed by atoms with Gasteiger partial charge in [0.15, 0.2) is 0 Å². The minimum atomic E-state index is -0.853. The Morgan fingerprint density at radius 2 is 1.92 bits per heavy atom. The smallest absolute Gasteiger partial charge is 0.480 e. The van der Waals surface area contributed by atoms with E-state index in [9.17, 15) is 4.79 Å². The normalized spacial score (nSPS) is 8.33. The van der Waals surface area contributed by atoms with E-state index in [4.69, 9.17) is 5.11 Å². The first-order valence-corrected chi connectivity index (χ1v) is 3.30. The Kier molecular flexibility index (Phi) is 5.17. The summed E-state index contributed by atoms with van der Waals surface area (Å²) >= 11 is 0. The molecule has 2 N–H and O–H groups in total. The fourth-order valence-electron chi connectivity index (χ4n) is 0.734. The van der Waals surface area contributed by atoms with Crippen LogP contribution in [0.5, 0.6) is 0 Å². The molecule has 0 heterocycles. The van der Waals surface area contributed by atoms with Crippen LogP contribution in [-0.4, -0.2) is 17.6 Å². The third-order valence-corrected chi connectivity index (χ3v) is 1.22. The monoisotopic (exact) mass is 214 g/mol. The van der Waals surface area contributed by atoms with E-state index in [0.717, 1.165) is 5.69 Å². The molecule has 3 nitrogen and oxygen atoms in total.